The lowest BCUT2D eigenvalue weighted by atomic mass is 9.99. The average Bonchev–Trinajstić information content (AvgIpc) is 2.65. The molecule has 2 rings (SSSR count). The zero-order valence-corrected chi connectivity index (χ0v) is 16.5. The maximum Gasteiger partial charge on any atom is 0.246 e. The Bertz CT molecular complexity index is 720. The van der Waals surface area contributed by atoms with Gasteiger partial charge in [-0.15, -0.1) is 0 Å². The second-order valence-electron chi connectivity index (χ2n) is 6.49. The molecule has 0 unspecified atom stereocenters. The minimum absolute atomic E-state index is 0.0998. The molecule has 0 spiro atoms. The number of carbonyl (C=O) groups excluding carboxylic acids is 1. The maximum atomic E-state index is 13.1. The van der Waals surface area contributed by atoms with Crippen LogP contribution in [0, 0.1) is 12.8 Å². The number of nitrogens with one attached hydrogen (secondary N) is 1. The number of ether oxygens (including phenoxy) is 2. The van der Waals surface area contributed by atoms with Crippen molar-refractivity contribution < 1.29 is 22.7 Å². The summed E-state index contributed by atoms with van der Waals surface area (Å²) >= 11 is 0. The number of amides is 1. The number of methoxy groups -OCH3 is 2. The molecule has 0 aliphatic carbocycles. The number of nitrogens with zero attached hydrogens (tertiary/aromatic N) is 1. The molecule has 0 radical (unpaired) electrons. The second kappa shape index (κ2) is 9.34. The fourth-order valence-electron chi connectivity index (χ4n) is 3.07. The van der Waals surface area contributed by atoms with Gasteiger partial charge in [-0.1, -0.05) is 6.07 Å². The summed E-state index contributed by atoms with van der Waals surface area (Å²) < 4.78 is 37.8. The minimum atomic E-state index is -3.71. The maximum absolute atomic E-state index is 13.1. The van der Waals surface area contributed by atoms with E-state index in [0.717, 1.165) is 12.0 Å². The molecular formula is C18H28N2O5S. The number of carbonyl (C=O) groups is 1. The van der Waals surface area contributed by atoms with E-state index in [-0.39, 0.29) is 23.3 Å². The summed E-state index contributed by atoms with van der Waals surface area (Å²) in [6.45, 7) is 3.55. The number of piperidine rings is 1. The van der Waals surface area contributed by atoms with Crippen molar-refractivity contribution in [2.75, 3.05) is 40.5 Å². The molecule has 7 nitrogen and oxygen atoms in total. The molecule has 0 bridgehead atoms. The van der Waals surface area contributed by atoms with Crippen LogP contribution in [0.2, 0.25) is 0 Å². The van der Waals surface area contributed by atoms with Crippen LogP contribution in [0.1, 0.15) is 24.8 Å². The van der Waals surface area contributed by atoms with Crippen LogP contribution in [0.3, 0.4) is 0 Å². The summed E-state index contributed by atoms with van der Waals surface area (Å²) in [6, 6.07) is 5.08. The molecular weight excluding hydrogens is 356 g/mol. The molecule has 1 fully saturated rings. The van der Waals surface area contributed by atoms with E-state index in [2.05, 4.69) is 5.32 Å². The summed E-state index contributed by atoms with van der Waals surface area (Å²) in [4.78, 5) is 12.5. The van der Waals surface area contributed by atoms with Gasteiger partial charge < -0.3 is 14.8 Å². The van der Waals surface area contributed by atoms with Gasteiger partial charge >= 0.3 is 0 Å². The normalized spacial score (nSPS) is 18.5. The van der Waals surface area contributed by atoms with E-state index in [1.165, 1.54) is 11.4 Å². The van der Waals surface area contributed by atoms with Crippen LogP contribution in [-0.2, 0) is 19.6 Å². The highest BCUT2D eigenvalue weighted by molar-refractivity contribution is 7.89. The molecule has 1 atom stereocenters. The Hall–Kier alpha value is -1.64. The van der Waals surface area contributed by atoms with Gasteiger partial charge in [0.25, 0.3) is 0 Å². The summed E-state index contributed by atoms with van der Waals surface area (Å²) in [5.41, 5.74) is 0.842. The molecule has 1 aliphatic heterocycles. The first kappa shape index (κ1) is 20.7. The largest absolute Gasteiger partial charge is 0.495 e. The molecule has 1 heterocycles. The quantitative estimate of drug-likeness (QED) is 0.688. The summed E-state index contributed by atoms with van der Waals surface area (Å²) in [5, 5.41) is 2.87. The first-order chi connectivity index (χ1) is 12.4. The summed E-state index contributed by atoms with van der Waals surface area (Å²) in [7, 11) is -0.644. The van der Waals surface area contributed by atoms with Crippen molar-refractivity contribution in [1.29, 1.82) is 0 Å². The van der Waals surface area contributed by atoms with Crippen molar-refractivity contribution in [3.63, 3.8) is 0 Å². The highest BCUT2D eigenvalue weighted by Gasteiger charge is 2.34. The summed E-state index contributed by atoms with van der Waals surface area (Å²) in [5.74, 6) is -0.115. The van der Waals surface area contributed by atoms with Gasteiger partial charge in [-0.05, 0) is 43.9 Å². The molecule has 8 heteroatoms. The average molecular weight is 384 g/mol. The van der Waals surface area contributed by atoms with E-state index < -0.39 is 10.0 Å². The number of hydrogen-bond donors (Lipinski definition) is 1. The van der Waals surface area contributed by atoms with E-state index in [1.54, 1.807) is 19.2 Å². The van der Waals surface area contributed by atoms with Crippen LogP contribution < -0.4 is 10.1 Å². The van der Waals surface area contributed by atoms with Gasteiger partial charge in [-0.2, -0.15) is 4.31 Å². The molecule has 0 saturated carbocycles. The Morgan fingerprint density at radius 3 is 2.81 bits per heavy atom. The van der Waals surface area contributed by atoms with E-state index in [1.807, 2.05) is 13.0 Å². The van der Waals surface area contributed by atoms with Crippen molar-refractivity contribution in [3.8, 4) is 5.75 Å². The summed E-state index contributed by atoms with van der Waals surface area (Å²) in [6.07, 6.45) is 2.08. The number of sulfonamides is 1. The van der Waals surface area contributed by atoms with Crippen molar-refractivity contribution >= 4 is 15.9 Å². The van der Waals surface area contributed by atoms with Gasteiger partial charge in [-0.3, -0.25) is 4.79 Å². The van der Waals surface area contributed by atoms with Crippen LogP contribution in [0.25, 0.3) is 0 Å². The Morgan fingerprint density at radius 2 is 2.12 bits per heavy atom. The minimum Gasteiger partial charge on any atom is -0.495 e. The molecule has 1 amide bonds. The van der Waals surface area contributed by atoms with E-state index >= 15 is 0 Å². The third kappa shape index (κ3) is 4.96. The Morgan fingerprint density at radius 1 is 1.35 bits per heavy atom. The van der Waals surface area contributed by atoms with Gasteiger partial charge in [0.15, 0.2) is 0 Å². The predicted molar refractivity (Wildman–Crippen MR) is 98.7 cm³/mol. The van der Waals surface area contributed by atoms with Crippen molar-refractivity contribution in [1.82, 2.24) is 9.62 Å². The van der Waals surface area contributed by atoms with Gasteiger partial charge in [0.2, 0.25) is 15.9 Å². The van der Waals surface area contributed by atoms with Gasteiger partial charge in [-0.25, -0.2) is 8.42 Å². The highest BCUT2D eigenvalue weighted by atomic mass is 32.2. The molecule has 1 saturated heterocycles. The molecule has 0 aromatic heterocycles. The molecule has 1 aliphatic rings. The van der Waals surface area contributed by atoms with Crippen LogP contribution in [0.15, 0.2) is 23.1 Å². The smallest absolute Gasteiger partial charge is 0.246 e. The Kier molecular flexibility index (Phi) is 7.43. The van der Waals surface area contributed by atoms with Crippen molar-refractivity contribution in [2.45, 2.75) is 31.1 Å². The van der Waals surface area contributed by atoms with Crippen molar-refractivity contribution in [2.24, 2.45) is 5.92 Å². The lowest BCUT2D eigenvalue weighted by Crippen LogP contribution is -2.45. The zero-order valence-electron chi connectivity index (χ0n) is 15.7. The topological polar surface area (TPSA) is 84.9 Å². The SMILES string of the molecule is COCCCNC(=O)[C@H]1CCCN(S(=O)(=O)c2cc(C)ccc2OC)C1. The molecule has 26 heavy (non-hydrogen) atoms. The van der Waals surface area contributed by atoms with E-state index in [0.29, 0.717) is 38.3 Å². The third-order valence-corrected chi connectivity index (χ3v) is 6.40. The van der Waals surface area contributed by atoms with E-state index in [9.17, 15) is 13.2 Å². The Balaban J connectivity index is 2.10. The number of aryl methyl sites for hydroxylation is 1. The third-order valence-electron chi connectivity index (χ3n) is 4.52. The molecule has 1 N–H and O–H groups in total. The second-order valence-corrected chi connectivity index (χ2v) is 8.40. The van der Waals surface area contributed by atoms with E-state index in [4.69, 9.17) is 9.47 Å². The predicted octanol–water partition coefficient (Wildman–Crippen LogP) is 1.56. The van der Waals surface area contributed by atoms with Crippen LogP contribution in [-0.4, -0.2) is 59.1 Å². The Labute approximate surface area is 155 Å². The fourth-order valence-corrected chi connectivity index (χ4v) is 4.84. The van der Waals surface area contributed by atoms with Crippen LogP contribution in [0.5, 0.6) is 5.75 Å². The first-order valence-corrected chi connectivity index (χ1v) is 10.3. The molecule has 1 aromatic carbocycles. The van der Waals surface area contributed by atoms with Gasteiger partial charge in [0, 0.05) is 33.4 Å². The van der Waals surface area contributed by atoms with Crippen LogP contribution >= 0.6 is 0 Å². The van der Waals surface area contributed by atoms with Crippen molar-refractivity contribution in [3.05, 3.63) is 23.8 Å². The lowest BCUT2D eigenvalue weighted by molar-refractivity contribution is -0.126. The number of hydrogen-bond acceptors (Lipinski definition) is 5. The first-order valence-electron chi connectivity index (χ1n) is 8.81. The highest BCUT2D eigenvalue weighted by Crippen LogP contribution is 2.30. The molecule has 146 valence electrons. The zero-order chi connectivity index (χ0) is 19.2. The monoisotopic (exact) mass is 384 g/mol. The van der Waals surface area contributed by atoms with Crippen LogP contribution in [0.4, 0.5) is 0 Å². The fraction of sp³-hybridized carbons (Fsp3) is 0.611. The number of benzene rings is 1. The van der Waals surface area contributed by atoms with Gasteiger partial charge in [0.05, 0.1) is 13.0 Å². The van der Waals surface area contributed by atoms with Gasteiger partial charge in [0.1, 0.15) is 10.6 Å². The molecule has 1 aromatic rings. The standard InChI is InChI=1S/C18H28N2O5S/c1-14-7-8-16(25-3)17(12-14)26(22,23)20-10-4-6-15(13-20)18(21)19-9-5-11-24-2/h7-8,12,15H,4-6,9-11,13H2,1-3H3,(H,19,21)/t15-/m0/s1. The number of rotatable bonds is 8. The lowest BCUT2D eigenvalue weighted by Gasteiger charge is -2.31.